The molecule has 2 heterocycles. The van der Waals surface area contributed by atoms with Crippen molar-refractivity contribution in [3.8, 4) is 0 Å². The molecule has 0 bridgehead atoms. The molecule has 0 amide bonds. The van der Waals surface area contributed by atoms with E-state index in [0.717, 1.165) is 17.6 Å². The Labute approximate surface area is 157 Å². The molecular weight excluding hydrogens is 342 g/mol. The molecule has 132 valence electrons. The molecule has 1 aliphatic rings. The normalized spacial score (nSPS) is 19.6. The Morgan fingerprint density at radius 1 is 1.08 bits per heavy atom. The van der Waals surface area contributed by atoms with E-state index >= 15 is 0 Å². The summed E-state index contributed by atoms with van der Waals surface area (Å²) >= 11 is 1.53. The molecule has 3 nitrogen and oxygen atoms in total. The number of quaternary nitrogens is 1. The lowest BCUT2D eigenvalue weighted by Crippen LogP contribution is -2.39. The summed E-state index contributed by atoms with van der Waals surface area (Å²) < 4.78 is 7.76. The fourth-order valence-corrected chi connectivity index (χ4v) is 4.63. The summed E-state index contributed by atoms with van der Waals surface area (Å²) in [6.45, 7) is 3.98. The first-order valence-corrected chi connectivity index (χ1v) is 9.64. The fraction of sp³-hybridized carbons (Fsp3) is 0.182. The van der Waals surface area contributed by atoms with E-state index in [2.05, 4.69) is 54.7 Å². The Morgan fingerprint density at radius 2 is 1.77 bits per heavy atom. The van der Waals surface area contributed by atoms with Gasteiger partial charge in [0, 0.05) is 11.1 Å². The molecule has 0 saturated heterocycles. The van der Waals surface area contributed by atoms with Crippen LogP contribution in [-0.4, -0.2) is 6.61 Å². The number of rotatable bonds is 5. The van der Waals surface area contributed by atoms with Crippen LogP contribution in [0.15, 0.2) is 66.7 Å². The van der Waals surface area contributed by atoms with Gasteiger partial charge in [-0.05, 0) is 24.8 Å². The molecule has 4 rings (SSSR count). The highest BCUT2D eigenvalue weighted by Gasteiger charge is 2.35. The van der Waals surface area contributed by atoms with Crippen molar-refractivity contribution in [3.05, 3.63) is 86.9 Å². The van der Waals surface area contributed by atoms with Gasteiger partial charge in [-0.2, -0.15) is 0 Å². The quantitative estimate of drug-likeness (QED) is 0.653. The summed E-state index contributed by atoms with van der Waals surface area (Å²) in [5.41, 5.74) is 3.78. The van der Waals surface area contributed by atoms with Crippen LogP contribution >= 0.6 is 11.3 Å². The number of benzene rings is 2. The van der Waals surface area contributed by atoms with Gasteiger partial charge in [-0.1, -0.05) is 55.5 Å². The predicted octanol–water partition coefficient (Wildman–Crippen LogP) is 2.67. The van der Waals surface area contributed by atoms with Crippen molar-refractivity contribution in [2.75, 3.05) is 6.61 Å². The molecule has 4 heteroatoms. The third-order valence-electron chi connectivity index (χ3n) is 4.71. The molecule has 0 aliphatic carbocycles. The van der Waals surface area contributed by atoms with Crippen molar-refractivity contribution >= 4 is 29.2 Å². The number of para-hydroxylation sites is 1. The lowest BCUT2D eigenvalue weighted by molar-refractivity contribution is -0.290. The Kier molecular flexibility index (Phi) is 4.53. The van der Waals surface area contributed by atoms with Gasteiger partial charge in [0.2, 0.25) is 0 Å². The van der Waals surface area contributed by atoms with E-state index in [1.54, 1.807) is 0 Å². The van der Waals surface area contributed by atoms with Crippen molar-refractivity contribution in [2.45, 2.75) is 20.0 Å². The van der Waals surface area contributed by atoms with Crippen molar-refractivity contribution in [1.82, 2.24) is 4.48 Å². The summed E-state index contributed by atoms with van der Waals surface area (Å²) in [6, 6.07) is 23.2. The molecule has 0 radical (unpaired) electrons. The van der Waals surface area contributed by atoms with E-state index < -0.39 is 0 Å². The molecule has 2 aromatic carbocycles. The standard InChI is InChI=1S/C22H21NO2S/c1-2-25-22(24)20-13-18-15-23(16-21(18)26-20,19-11-7-4-8-12-19)14-17-9-5-3-6-10-17/h3-13,16H,2,14-15H2,1H3/b22-20+. The number of nitrogens with zero attached hydrogens (tertiary/aromatic N) is 1. The molecule has 0 N–H and O–H groups in total. The maximum atomic E-state index is 12.0. The third kappa shape index (κ3) is 3.14. The van der Waals surface area contributed by atoms with Crippen LogP contribution in [-0.2, 0) is 17.8 Å². The Balaban J connectivity index is 1.80. The Bertz CT molecular complexity index is 1010. The topological polar surface area (TPSA) is 32.3 Å². The molecule has 3 aromatic rings. The lowest BCUT2D eigenvalue weighted by Gasteiger charge is -2.31. The first-order valence-electron chi connectivity index (χ1n) is 8.82. The highest BCUT2D eigenvalue weighted by Crippen LogP contribution is 2.32. The average molecular weight is 363 g/mol. The Hall–Kier alpha value is -2.56. The molecule has 26 heavy (non-hydrogen) atoms. The Morgan fingerprint density at radius 3 is 2.42 bits per heavy atom. The highest BCUT2D eigenvalue weighted by atomic mass is 32.1. The largest absolute Gasteiger partial charge is 0.613 e. The summed E-state index contributed by atoms with van der Waals surface area (Å²) in [5.74, 6) is -0.221. The van der Waals surface area contributed by atoms with Gasteiger partial charge in [0.25, 0.3) is 0 Å². The zero-order chi connectivity index (χ0) is 18.0. The van der Waals surface area contributed by atoms with Crippen LogP contribution in [0, 0.1) is 0 Å². The van der Waals surface area contributed by atoms with Gasteiger partial charge in [-0.15, -0.1) is 11.3 Å². The zero-order valence-corrected chi connectivity index (χ0v) is 15.5. The maximum absolute atomic E-state index is 12.0. The molecule has 0 fully saturated rings. The minimum absolute atomic E-state index is 0.221. The first kappa shape index (κ1) is 16.9. The van der Waals surface area contributed by atoms with Gasteiger partial charge in [-0.3, -0.25) is 4.48 Å². The van der Waals surface area contributed by atoms with Gasteiger partial charge in [-0.25, -0.2) is 0 Å². The zero-order valence-electron chi connectivity index (χ0n) is 14.7. The van der Waals surface area contributed by atoms with E-state index in [9.17, 15) is 5.11 Å². The van der Waals surface area contributed by atoms with Crippen molar-refractivity contribution in [2.24, 2.45) is 0 Å². The fourth-order valence-electron chi connectivity index (χ4n) is 3.55. The van der Waals surface area contributed by atoms with E-state index in [4.69, 9.17) is 4.74 Å². The van der Waals surface area contributed by atoms with Gasteiger partial charge in [0.05, 0.1) is 15.0 Å². The molecule has 1 aromatic heterocycles. The predicted molar refractivity (Wildman–Crippen MR) is 105 cm³/mol. The lowest BCUT2D eigenvalue weighted by atomic mass is 10.1. The summed E-state index contributed by atoms with van der Waals surface area (Å²) in [6.07, 6.45) is 2.30. The van der Waals surface area contributed by atoms with Gasteiger partial charge < -0.3 is 9.84 Å². The van der Waals surface area contributed by atoms with Crippen molar-refractivity contribution < 1.29 is 9.84 Å². The summed E-state index contributed by atoms with van der Waals surface area (Å²) in [5, 5.41) is 12.0. The van der Waals surface area contributed by atoms with E-state index in [1.807, 2.05) is 25.1 Å². The first-order chi connectivity index (χ1) is 12.7. The number of hydrogen-bond donors (Lipinski definition) is 0. The number of ether oxygens (including phenoxy) is 1. The molecule has 1 unspecified atom stereocenters. The minimum Gasteiger partial charge on any atom is -0.613 e. The van der Waals surface area contributed by atoms with Crippen LogP contribution in [0.1, 0.15) is 18.1 Å². The van der Waals surface area contributed by atoms with Gasteiger partial charge >= 0.3 is 0 Å². The van der Waals surface area contributed by atoms with Crippen LogP contribution in [0.4, 0.5) is 5.69 Å². The smallest absolute Gasteiger partial charge is 0.138 e. The van der Waals surface area contributed by atoms with Crippen LogP contribution in [0.25, 0.3) is 12.1 Å². The summed E-state index contributed by atoms with van der Waals surface area (Å²) in [4.78, 5) is 0. The second-order valence-corrected chi connectivity index (χ2v) is 7.60. The number of thiophene rings is 1. The van der Waals surface area contributed by atoms with Gasteiger partial charge in [0.1, 0.15) is 25.0 Å². The summed E-state index contributed by atoms with van der Waals surface area (Å²) in [7, 11) is 0. The van der Waals surface area contributed by atoms with Crippen LogP contribution < -0.4 is 18.7 Å². The van der Waals surface area contributed by atoms with E-state index in [0.29, 0.717) is 11.1 Å². The number of fused-ring (bicyclic) bond motifs is 1. The number of hydrogen-bond acceptors (Lipinski definition) is 3. The van der Waals surface area contributed by atoms with Crippen molar-refractivity contribution in [3.63, 3.8) is 0 Å². The molecule has 1 aliphatic heterocycles. The third-order valence-corrected chi connectivity index (χ3v) is 5.81. The van der Waals surface area contributed by atoms with E-state index in [1.165, 1.54) is 32.7 Å². The highest BCUT2D eigenvalue weighted by molar-refractivity contribution is 7.07. The van der Waals surface area contributed by atoms with Crippen LogP contribution in [0.2, 0.25) is 0 Å². The second-order valence-electron chi connectivity index (χ2n) is 6.52. The second kappa shape index (κ2) is 6.98. The molecule has 1 atom stereocenters. The SMILES string of the molecule is CCO/C([O-])=c1\cc2c(s1)=C[N+](Cc1ccccc1)(c1ccccc1)C2. The molecular formula is C22H21NO2S. The molecule has 0 spiro atoms. The monoisotopic (exact) mass is 363 g/mol. The van der Waals surface area contributed by atoms with Crippen LogP contribution in [0.3, 0.4) is 0 Å². The average Bonchev–Trinajstić information content (AvgIpc) is 3.20. The van der Waals surface area contributed by atoms with Gasteiger partial charge in [0.15, 0.2) is 0 Å². The minimum atomic E-state index is -0.221. The van der Waals surface area contributed by atoms with E-state index in [-0.39, 0.29) is 5.95 Å². The van der Waals surface area contributed by atoms with Crippen LogP contribution in [0.5, 0.6) is 0 Å². The molecule has 0 saturated carbocycles. The maximum Gasteiger partial charge on any atom is 0.138 e. The van der Waals surface area contributed by atoms with Crippen molar-refractivity contribution in [1.29, 1.82) is 0 Å².